The molecule has 1 unspecified atom stereocenters. The van der Waals surface area contributed by atoms with Gasteiger partial charge in [0, 0.05) is 43.7 Å². The predicted octanol–water partition coefficient (Wildman–Crippen LogP) is 2.57. The van der Waals surface area contributed by atoms with Crippen molar-refractivity contribution in [3.8, 4) is 0 Å². The number of hydrogen-bond donors (Lipinski definition) is 6. The molecular weight excluding hydrogens is 751 g/mol. The van der Waals surface area contributed by atoms with Crippen LogP contribution in [-0.2, 0) is 16.4 Å². The molecule has 2 amide bonds. The molecule has 0 spiro atoms. The zero-order valence-corrected chi connectivity index (χ0v) is 31.8. The van der Waals surface area contributed by atoms with Crippen molar-refractivity contribution >= 4 is 44.7 Å². The number of carbonyl (C=O) groups excluding carboxylic acids is 1. The average Bonchev–Trinajstić information content (AvgIpc) is 4.03. The van der Waals surface area contributed by atoms with E-state index in [-0.39, 0.29) is 16.9 Å². The number of benzene rings is 3. The van der Waals surface area contributed by atoms with Crippen molar-refractivity contribution in [2.75, 3.05) is 35.2 Å². The van der Waals surface area contributed by atoms with Crippen molar-refractivity contribution in [2.45, 2.75) is 67.3 Å². The van der Waals surface area contributed by atoms with Gasteiger partial charge in [-0.15, -0.1) is 10.2 Å². The van der Waals surface area contributed by atoms with Gasteiger partial charge in [-0.25, -0.2) is 23.3 Å². The number of sulfonamides is 1. The van der Waals surface area contributed by atoms with Crippen LogP contribution in [-0.4, -0.2) is 102 Å². The molecule has 8 rings (SSSR count). The van der Waals surface area contributed by atoms with Gasteiger partial charge in [0.1, 0.15) is 18.2 Å². The molecule has 19 heteroatoms. The molecule has 1 saturated carbocycles. The third kappa shape index (κ3) is 7.99. The van der Waals surface area contributed by atoms with Crippen LogP contribution in [0.25, 0.3) is 11.2 Å². The molecule has 18 nitrogen and oxygen atoms in total. The van der Waals surface area contributed by atoms with Gasteiger partial charge in [0.25, 0.3) is 0 Å². The summed E-state index contributed by atoms with van der Waals surface area (Å²) in [5, 5.41) is 49.7. The highest BCUT2D eigenvalue weighted by atomic mass is 32.2. The fraction of sp³-hybridized carbons (Fsp3) is 0.342. The van der Waals surface area contributed by atoms with Crippen molar-refractivity contribution in [3.05, 3.63) is 108 Å². The third-order valence-electron chi connectivity index (χ3n) is 10.6. The second kappa shape index (κ2) is 15.8. The smallest absolute Gasteiger partial charge is 0.319 e. The quantitative estimate of drug-likeness (QED) is 0.105. The topological polar surface area (TPSA) is 244 Å². The molecule has 57 heavy (non-hydrogen) atoms. The number of aryl methyl sites for hydroxylation is 1. The second-order valence-corrected chi connectivity index (χ2v) is 15.8. The Balaban J connectivity index is 1.07. The molecule has 1 saturated heterocycles. The number of nitrogens with two attached hydrogens (primary N) is 1. The zero-order valence-electron chi connectivity index (χ0n) is 31.0. The molecule has 1 aliphatic carbocycles. The Morgan fingerprint density at radius 2 is 1.63 bits per heavy atom. The fourth-order valence-corrected chi connectivity index (χ4v) is 8.09. The zero-order chi connectivity index (χ0) is 39.7. The van der Waals surface area contributed by atoms with Crippen LogP contribution in [0.15, 0.2) is 96.2 Å². The molecule has 296 valence electrons. The monoisotopic (exact) mass is 793 g/mol. The summed E-state index contributed by atoms with van der Waals surface area (Å²) in [7, 11) is -3.86. The van der Waals surface area contributed by atoms with Crippen molar-refractivity contribution in [3.63, 3.8) is 0 Å². The first-order chi connectivity index (χ1) is 27.6. The van der Waals surface area contributed by atoms with E-state index in [4.69, 9.17) is 20.1 Å². The first-order valence-corrected chi connectivity index (χ1v) is 20.3. The van der Waals surface area contributed by atoms with E-state index >= 15 is 0 Å². The molecule has 5 atom stereocenters. The summed E-state index contributed by atoms with van der Waals surface area (Å²) < 4.78 is 25.0. The highest BCUT2D eigenvalue weighted by Crippen LogP contribution is 2.40. The van der Waals surface area contributed by atoms with Gasteiger partial charge < -0.3 is 35.6 Å². The highest BCUT2D eigenvalue weighted by Gasteiger charge is 2.45. The second-order valence-electron chi connectivity index (χ2n) is 14.3. The van der Waals surface area contributed by atoms with Crippen LogP contribution in [0.2, 0.25) is 0 Å². The summed E-state index contributed by atoms with van der Waals surface area (Å²) in [4.78, 5) is 31.0. The minimum atomic E-state index is -3.86. The van der Waals surface area contributed by atoms with Crippen molar-refractivity contribution in [1.29, 1.82) is 0 Å². The van der Waals surface area contributed by atoms with Crippen molar-refractivity contribution in [2.24, 2.45) is 5.14 Å². The van der Waals surface area contributed by atoms with Gasteiger partial charge in [-0.2, -0.15) is 14.8 Å². The molecule has 3 aromatic carbocycles. The van der Waals surface area contributed by atoms with E-state index in [0.29, 0.717) is 73.3 Å². The summed E-state index contributed by atoms with van der Waals surface area (Å²) in [6, 6.07) is 24.1. The third-order valence-corrected chi connectivity index (χ3v) is 11.5. The Morgan fingerprint density at radius 3 is 2.28 bits per heavy atom. The van der Waals surface area contributed by atoms with E-state index in [2.05, 4.69) is 55.6 Å². The van der Waals surface area contributed by atoms with E-state index in [0.717, 1.165) is 11.1 Å². The van der Waals surface area contributed by atoms with E-state index in [1.165, 1.54) is 29.1 Å². The van der Waals surface area contributed by atoms with Gasteiger partial charge in [-0.05, 0) is 53.4 Å². The fourth-order valence-electron chi connectivity index (χ4n) is 7.58. The van der Waals surface area contributed by atoms with Gasteiger partial charge >= 0.3 is 6.03 Å². The lowest BCUT2D eigenvalue weighted by Crippen LogP contribution is -2.40. The molecule has 3 aromatic heterocycles. The largest absolute Gasteiger partial charge is 0.388 e. The number of anilines is 3. The number of carbonyl (C=O) groups is 1. The van der Waals surface area contributed by atoms with Crippen LogP contribution in [0.4, 0.5) is 22.2 Å². The maximum atomic E-state index is 13.0. The minimum Gasteiger partial charge on any atom is -0.388 e. The maximum absolute atomic E-state index is 13.0. The standard InChI is InChI=1S/C38H43N13O5S/c1-2-31-46-48-51(47-31)30-19-29(33(52)34(30)53)50-22-41-32-35(40-20-28(23-9-5-3-6-10-23)24-11-7-4-8-12-24)44-37(45-36(32)50)49-18-17-26(21-49)43-38(54)42-25-13-15-27(16-14-25)57(39,55)56/h3-16,22,26,28-30,33-34,52-53H,2,17-21H2,1H3,(H2,39,55,56)(H,40,44,45)(H2,42,43,54)/t26?,29-,30+,33+,34-/m1/s1. The SMILES string of the molecule is CCc1nnn([C@H]2C[C@@H](n3cnc4c(NCC(c5ccccc5)c5ccccc5)nc(N5CCC(NC(=O)Nc6ccc(S(N)(=O)=O)cc6)C5)nc43)[C@H](O)[C@@H]2O)n1. The van der Waals surface area contributed by atoms with Gasteiger partial charge in [0.15, 0.2) is 22.8 Å². The summed E-state index contributed by atoms with van der Waals surface area (Å²) in [6.45, 7) is 3.34. The number of fused-ring (bicyclic) bond motifs is 1. The van der Waals surface area contributed by atoms with Crippen molar-refractivity contribution < 1.29 is 23.4 Å². The van der Waals surface area contributed by atoms with E-state index < -0.39 is 40.3 Å². The summed E-state index contributed by atoms with van der Waals surface area (Å²) in [5.41, 5.74) is 3.62. The Labute approximate surface area is 328 Å². The number of aliphatic hydroxyl groups excluding tert-OH is 2. The minimum absolute atomic E-state index is 0.0199. The lowest BCUT2D eigenvalue weighted by atomic mass is 9.91. The normalized spacial score (nSPS) is 21.0. The van der Waals surface area contributed by atoms with Crippen LogP contribution in [0.3, 0.4) is 0 Å². The van der Waals surface area contributed by atoms with Gasteiger partial charge in [-0.1, -0.05) is 67.6 Å². The number of nitrogens with one attached hydrogen (secondary N) is 3. The lowest BCUT2D eigenvalue weighted by molar-refractivity contribution is 0.00473. The Bertz CT molecular complexity index is 2410. The predicted molar refractivity (Wildman–Crippen MR) is 211 cm³/mol. The highest BCUT2D eigenvalue weighted by molar-refractivity contribution is 7.89. The molecule has 4 heterocycles. The number of aliphatic hydroxyl groups is 2. The first kappa shape index (κ1) is 37.9. The van der Waals surface area contributed by atoms with Crippen LogP contribution in [0.1, 0.15) is 54.7 Å². The van der Waals surface area contributed by atoms with Gasteiger partial charge in [0.05, 0.1) is 17.3 Å². The number of urea groups is 1. The number of rotatable bonds is 12. The number of amides is 2. The Morgan fingerprint density at radius 1 is 0.947 bits per heavy atom. The number of tetrazole rings is 1. The van der Waals surface area contributed by atoms with Crippen LogP contribution in [0, 0.1) is 0 Å². The molecule has 7 N–H and O–H groups in total. The Kier molecular flexibility index (Phi) is 10.5. The average molecular weight is 794 g/mol. The van der Waals surface area contributed by atoms with E-state index in [1.807, 2.05) is 48.2 Å². The molecule has 2 fully saturated rings. The Hall–Kier alpha value is -6.02. The number of hydrogen-bond acceptors (Lipinski definition) is 13. The molecule has 1 aliphatic heterocycles. The number of aromatic nitrogens is 8. The van der Waals surface area contributed by atoms with Gasteiger partial charge in [0.2, 0.25) is 16.0 Å². The molecule has 0 radical (unpaired) electrons. The molecule has 2 aliphatic rings. The molecule has 0 bridgehead atoms. The van der Waals surface area contributed by atoms with Crippen LogP contribution >= 0.6 is 0 Å². The number of primary sulfonamides is 1. The van der Waals surface area contributed by atoms with Crippen LogP contribution in [0.5, 0.6) is 0 Å². The van der Waals surface area contributed by atoms with E-state index in [1.54, 1.807) is 10.9 Å². The number of imidazole rings is 1. The lowest BCUT2D eigenvalue weighted by Gasteiger charge is -2.22. The number of nitrogens with zero attached hydrogens (tertiary/aromatic N) is 9. The molecule has 6 aromatic rings. The summed E-state index contributed by atoms with van der Waals surface area (Å²) in [6.07, 6.45) is 0.768. The van der Waals surface area contributed by atoms with E-state index in [9.17, 15) is 23.4 Å². The van der Waals surface area contributed by atoms with Crippen molar-refractivity contribution in [1.82, 2.24) is 45.0 Å². The van der Waals surface area contributed by atoms with Gasteiger partial charge in [-0.3, -0.25) is 0 Å². The van der Waals surface area contributed by atoms with Crippen LogP contribution < -0.4 is 26.0 Å². The molecular formula is C38H43N13O5S. The first-order valence-electron chi connectivity index (χ1n) is 18.7. The summed E-state index contributed by atoms with van der Waals surface area (Å²) in [5.74, 6) is 1.42. The maximum Gasteiger partial charge on any atom is 0.319 e. The summed E-state index contributed by atoms with van der Waals surface area (Å²) >= 11 is 0.